The van der Waals surface area contributed by atoms with Crippen LogP contribution in [0.4, 0.5) is 11.4 Å². The largest absolute Gasteiger partial charge is 0.355 e. The monoisotopic (exact) mass is 377 g/mol. The first-order valence-corrected chi connectivity index (χ1v) is 8.54. The number of hydrogen-bond acceptors (Lipinski definition) is 2. The van der Waals surface area contributed by atoms with E-state index in [0.717, 1.165) is 27.1 Å². The molecule has 4 aromatic rings. The predicted molar refractivity (Wildman–Crippen MR) is 104 cm³/mol. The van der Waals surface area contributed by atoms with Crippen molar-refractivity contribution in [3.05, 3.63) is 77.4 Å². The molecule has 24 heavy (non-hydrogen) atoms. The summed E-state index contributed by atoms with van der Waals surface area (Å²) in [6.07, 6.45) is 1.82. The number of fused-ring (bicyclic) bond motifs is 1. The van der Waals surface area contributed by atoms with Crippen molar-refractivity contribution in [1.29, 1.82) is 0 Å². The Morgan fingerprint density at radius 1 is 0.958 bits per heavy atom. The molecule has 0 atom stereocenters. The minimum Gasteiger partial charge on any atom is -0.355 e. The number of aromatic nitrogens is 2. The SMILES string of the molecule is Cn1ncc(Br)c1-c1cccc(Nc2cccc3ccccc23)c1. The minimum absolute atomic E-state index is 0.993. The van der Waals surface area contributed by atoms with Crippen LogP contribution in [0.3, 0.4) is 0 Å². The molecule has 0 saturated heterocycles. The summed E-state index contributed by atoms with van der Waals surface area (Å²) in [5, 5.41) is 10.3. The van der Waals surface area contributed by atoms with Gasteiger partial charge < -0.3 is 5.32 Å². The third-order valence-electron chi connectivity index (χ3n) is 4.10. The van der Waals surface area contributed by atoms with E-state index in [2.05, 4.69) is 93.1 Å². The standard InChI is InChI=1S/C20H16BrN3/c1-24-20(18(21)13-22-24)15-8-4-9-16(12-15)23-19-11-5-7-14-6-2-3-10-17(14)19/h2-13,23H,1H3. The van der Waals surface area contributed by atoms with Crippen LogP contribution in [0.25, 0.3) is 22.0 Å². The second-order valence-corrected chi connectivity index (χ2v) is 6.55. The molecule has 4 heteroatoms. The fraction of sp³-hybridized carbons (Fsp3) is 0.0500. The van der Waals surface area contributed by atoms with Gasteiger partial charge in [0.2, 0.25) is 0 Å². The van der Waals surface area contributed by atoms with Gasteiger partial charge >= 0.3 is 0 Å². The van der Waals surface area contributed by atoms with Gasteiger partial charge in [-0.1, -0.05) is 48.5 Å². The van der Waals surface area contributed by atoms with Gasteiger partial charge in [-0.3, -0.25) is 4.68 Å². The Balaban J connectivity index is 1.74. The molecule has 0 spiro atoms. The predicted octanol–water partition coefficient (Wildman–Crippen LogP) is 5.75. The molecule has 0 amide bonds. The Labute approximate surface area is 149 Å². The summed E-state index contributed by atoms with van der Waals surface area (Å²) in [7, 11) is 1.95. The molecular weight excluding hydrogens is 362 g/mol. The number of nitrogens with one attached hydrogen (secondary N) is 1. The van der Waals surface area contributed by atoms with Crippen LogP contribution in [0.1, 0.15) is 0 Å². The van der Waals surface area contributed by atoms with E-state index in [4.69, 9.17) is 0 Å². The molecule has 0 bridgehead atoms. The second-order valence-electron chi connectivity index (χ2n) is 5.70. The van der Waals surface area contributed by atoms with Crippen LogP contribution in [0, 0.1) is 0 Å². The Kier molecular flexibility index (Phi) is 3.82. The highest BCUT2D eigenvalue weighted by Crippen LogP contribution is 2.31. The van der Waals surface area contributed by atoms with Gasteiger partial charge in [-0.15, -0.1) is 0 Å². The van der Waals surface area contributed by atoms with E-state index in [1.165, 1.54) is 10.8 Å². The van der Waals surface area contributed by atoms with E-state index >= 15 is 0 Å². The maximum Gasteiger partial charge on any atom is 0.0821 e. The number of hydrogen-bond donors (Lipinski definition) is 1. The molecule has 4 rings (SSSR count). The zero-order valence-electron chi connectivity index (χ0n) is 13.2. The number of benzene rings is 3. The van der Waals surface area contributed by atoms with Crippen LogP contribution in [-0.4, -0.2) is 9.78 Å². The van der Waals surface area contributed by atoms with E-state index in [1.54, 1.807) is 0 Å². The van der Waals surface area contributed by atoms with E-state index < -0.39 is 0 Å². The Morgan fingerprint density at radius 3 is 2.58 bits per heavy atom. The van der Waals surface area contributed by atoms with Crippen LogP contribution in [0.2, 0.25) is 0 Å². The van der Waals surface area contributed by atoms with Crippen molar-refractivity contribution < 1.29 is 0 Å². The summed E-state index contributed by atoms with van der Waals surface area (Å²) in [4.78, 5) is 0. The van der Waals surface area contributed by atoms with Gasteiger partial charge in [-0.2, -0.15) is 5.10 Å². The van der Waals surface area contributed by atoms with Gasteiger partial charge in [0.25, 0.3) is 0 Å². The van der Waals surface area contributed by atoms with Crippen molar-refractivity contribution in [3.8, 4) is 11.3 Å². The molecule has 3 aromatic carbocycles. The lowest BCUT2D eigenvalue weighted by Crippen LogP contribution is -1.95. The van der Waals surface area contributed by atoms with Gasteiger partial charge in [0.05, 0.1) is 16.4 Å². The summed E-state index contributed by atoms with van der Waals surface area (Å²) < 4.78 is 2.87. The Hall–Kier alpha value is -2.59. The second kappa shape index (κ2) is 6.13. The first kappa shape index (κ1) is 15.0. The molecule has 3 nitrogen and oxygen atoms in total. The first-order valence-electron chi connectivity index (χ1n) is 7.75. The van der Waals surface area contributed by atoms with Crippen molar-refractivity contribution in [1.82, 2.24) is 9.78 Å². The number of anilines is 2. The van der Waals surface area contributed by atoms with Gasteiger partial charge in [0, 0.05) is 29.4 Å². The highest BCUT2D eigenvalue weighted by atomic mass is 79.9. The smallest absolute Gasteiger partial charge is 0.0821 e. The van der Waals surface area contributed by atoms with Crippen LogP contribution in [-0.2, 0) is 7.05 Å². The average molecular weight is 378 g/mol. The summed E-state index contributed by atoms with van der Waals surface area (Å²) in [5.74, 6) is 0. The topological polar surface area (TPSA) is 29.9 Å². The molecule has 0 unspecified atom stereocenters. The molecule has 0 aliphatic carbocycles. The van der Waals surface area contributed by atoms with Gasteiger partial charge in [-0.05, 0) is 39.5 Å². The number of aryl methyl sites for hydroxylation is 1. The van der Waals surface area contributed by atoms with Gasteiger partial charge in [-0.25, -0.2) is 0 Å². The average Bonchev–Trinajstić information content (AvgIpc) is 2.94. The van der Waals surface area contributed by atoms with Crippen LogP contribution < -0.4 is 5.32 Å². The van der Waals surface area contributed by atoms with Crippen molar-refractivity contribution in [2.24, 2.45) is 7.05 Å². The quantitative estimate of drug-likeness (QED) is 0.492. The first-order chi connectivity index (χ1) is 11.7. The molecule has 0 aliphatic rings. The maximum absolute atomic E-state index is 4.30. The molecule has 0 aliphatic heterocycles. The van der Waals surface area contributed by atoms with E-state index in [1.807, 2.05) is 17.9 Å². The van der Waals surface area contributed by atoms with Crippen molar-refractivity contribution >= 4 is 38.1 Å². The lowest BCUT2D eigenvalue weighted by atomic mass is 10.1. The van der Waals surface area contributed by atoms with Crippen molar-refractivity contribution in [2.45, 2.75) is 0 Å². The highest BCUT2D eigenvalue weighted by molar-refractivity contribution is 9.10. The van der Waals surface area contributed by atoms with Crippen LogP contribution >= 0.6 is 15.9 Å². The third kappa shape index (κ3) is 2.69. The fourth-order valence-electron chi connectivity index (χ4n) is 2.97. The number of rotatable bonds is 3. The highest BCUT2D eigenvalue weighted by Gasteiger charge is 2.09. The van der Waals surface area contributed by atoms with Crippen molar-refractivity contribution in [3.63, 3.8) is 0 Å². The van der Waals surface area contributed by atoms with Gasteiger partial charge in [0.15, 0.2) is 0 Å². The maximum atomic E-state index is 4.30. The molecule has 0 fully saturated rings. The molecule has 1 heterocycles. The van der Waals surface area contributed by atoms with E-state index in [0.29, 0.717) is 0 Å². The Bertz CT molecular complexity index is 996. The lowest BCUT2D eigenvalue weighted by Gasteiger charge is -2.11. The summed E-state index contributed by atoms with van der Waals surface area (Å²) in [6, 6.07) is 23.1. The minimum atomic E-state index is 0.993. The van der Waals surface area contributed by atoms with Crippen LogP contribution in [0.5, 0.6) is 0 Å². The molecule has 0 radical (unpaired) electrons. The zero-order chi connectivity index (χ0) is 16.5. The molecule has 1 N–H and O–H groups in total. The summed E-state index contributed by atoms with van der Waals surface area (Å²) >= 11 is 3.57. The molecule has 0 saturated carbocycles. The number of nitrogens with zero attached hydrogens (tertiary/aromatic N) is 2. The zero-order valence-corrected chi connectivity index (χ0v) is 14.8. The summed E-state index contributed by atoms with van der Waals surface area (Å²) in [6.45, 7) is 0. The molecule has 1 aromatic heterocycles. The Morgan fingerprint density at radius 2 is 1.75 bits per heavy atom. The molecule has 118 valence electrons. The van der Waals surface area contributed by atoms with E-state index in [-0.39, 0.29) is 0 Å². The van der Waals surface area contributed by atoms with Gasteiger partial charge in [0.1, 0.15) is 0 Å². The third-order valence-corrected chi connectivity index (χ3v) is 4.68. The fourth-order valence-corrected chi connectivity index (χ4v) is 3.55. The van der Waals surface area contributed by atoms with Crippen molar-refractivity contribution in [2.75, 3.05) is 5.32 Å². The number of halogens is 1. The van der Waals surface area contributed by atoms with Crippen LogP contribution in [0.15, 0.2) is 77.4 Å². The molecular formula is C20H16BrN3. The summed E-state index contributed by atoms with van der Waals surface area (Å²) in [5.41, 5.74) is 4.34. The lowest BCUT2D eigenvalue weighted by molar-refractivity contribution is 0.776. The normalized spacial score (nSPS) is 10.9. The van der Waals surface area contributed by atoms with E-state index in [9.17, 15) is 0 Å².